The Labute approximate surface area is 130 Å². The molecule has 2 heterocycles. The first-order valence-corrected chi connectivity index (χ1v) is 8.20. The number of rotatable bonds is 3. The molecule has 2 aromatic rings. The molecule has 1 aromatic carbocycles. The number of fused-ring (bicyclic) bond motifs is 1. The molecule has 1 unspecified atom stereocenters. The number of aromatic nitrogens is 1. The summed E-state index contributed by atoms with van der Waals surface area (Å²) in [7, 11) is 4.06. The van der Waals surface area contributed by atoms with Gasteiger partial charge in [0.25, 0.3) is 0 Å². The first-order valence-electron chi connectivity index (χ1n) is 7.38. The number of thiazole rings is 1. The maximum atomic E-state index is 6.11. The second-order valence-electron chi connectivity index (χ2n) is 5.64. The number of aryl methyl sites for hydroxylation is 1. The molecule has 0 bridgehead atoms. The van der Waals surface area contributed by atoms with Crippen molar-refractivity contribution in [2.45, 2.75) is 25.8 Å². The monoisotopic (exact) mass is 302 g/mol. The molecule has 5 heteroatoms. The number of nitrogens with zero attached hydrogens (tertiary/aromatic N) is 2. The first kappa shape index (κ1) is 14.4. The van der Waals surface area contributed by atoms with Crippen molar-refractivity contribution < 1.29 is 0 Å². The molecule has 4 nitrogen and oxygen atoms in total. The molecule has 1 aliphatic rings. The van der Waals surface area contributed by atoms with Crippen molar-refractivity contribution >= 4 is 22.2 Å². The van der Waals surface area contributed by atoms with E-state index in [1.54, 1.807) is 11.3 Å². The number of benzene rings is 1. The summed E-state index contributed by atoms with van der Waals surface area (Å²) in [6.07, 6.45) is 2.36. The van der Waals surface area contributed by atoms with Crippen LogP contribution in [0.1, 0.15) is 29.8 Å². The predicted molar refractivity (Wildman–Crippen MR) is 91.3 cm³/mol. The van der Waals surface area contributed by atoms with Gasteiger partial charge in [-0.25, -0.2) is 4.98 Å². The Kier molecular flexibility index (Phi) is 3.87. The van der Waals surface area contributed by atoms with Gasteiger partial charge in [0.1, 0.15) is 0 Å². The van der Waals surface area contributed by atoms with Gasteiger partial charge in [0.15, 0.2) is 5.13 Å². The molecule has 3 rings (SSSR count). The molecule has 0 radical (unpaired) electrons. The Bertz CT molecular complexity index is 648. The quantitative estimate of drug-likeness (QED) is 0.914. The van der Waals surface area contributed by atoms with Crippen LogP contribution >= 0.6 is 11.3 Å². The molecule has 3 N–H and O–H groups in total. The molecule has 0 saturated carbocycles. The lowest BCUT2D eigenvalue weighted by atomic mass is 9.98. The third-order valence-corrected chi connectivity index (χ3v) is 5.26. The normalized spacial score (nSPS) is 15.7. The van der Waals surface area contributed by atoms with E-state index in [2.05, 4.69) is 35.5 Å². The maximum Gasteiger partial charge on any atom is 0.183 e. The fourth-order valence-corrected chi connectivity index (χ4v) is 3.78. The minimum absolute atomic E-state index is 0.00157. The van der Waals surface area contributed by atoms with Crippen LogP contribution in [0.15, 0.2) is 18.2 Å². The van der Waals surface area contributed by atoms with Gasteiger partial charge in [0, 0.05) is 37.9 Å². The van der Waals surface area contributed by atoms with Crippen LogP contribution in [0, 0.1) is 0 Å². The van der Waals surface area contributed by atoms with Crippen LogP contribution in [-0.4, -0.2) is 25.6 Å². The van der Waals surface area contributed by atoms with E-state index >= 15 is 0 Å². The van der Waals surface area contributed by atoms with E-state index in [0.717, 1.165) is 28.7 Å². The highest BCUT2D eigenvalue weighted by molar-refractivity contribution is 7.16. The average Bonchev–Trinajstić information content (AvgIpc) is 2.92. The van der Waals surface area contributed by atoms with Gasteiger partial charge in [-0.2, -0.15) is 0 Å². The molecular weight excluding hydrogens is 280 g/mol. The van der Waals surface area contributed by atoms with E-state index in [1.807, 2.05) is 14.0 Å². The minimum atomic E-state index is -0.00157. The van der Waals surface area contributed by atoms with Crippen LogP contribution in [0.5, 0.6) is 0 Å². The van der Waals surface area contributed by atoms with Crippen molar-refractivity contribution in [3.8, 4) is 11.3 Å². The number of hydrogen-bond acceptors (Lipinski definition) is 5. The van der Waals surface area contributed by atoms with Gasteiger partial charge in [-0.1, -0.05) is 17.4 Å². The van der Waals surface area contributed by atoms with Gasteiger partial charge in [-0.05, 0) is 37.5 Å². The smallest absolute Gasteiger partial charge is 0.183 e. The van der Waals surface area contributed by atoms with Crippen LogP contribution in [0.3, 0.4) is 0 Å². The molecule has 0 aliphatic carbocycles. The Balaban J connectivity index is 2.06. The van der Waals surface area contributed by atoms with E-state index in [-0.39, 0.29) is 6.04 Å². The molecule has 21 heavy (non-hydrogen) atoms. The number of anilines is 2. The molecule has 0 spiro atoms. The second kappa shape index (κ2) is 5.66. The fourth-order valence-electron chi connectivity index (χ4n) is 2.89. The SMILES string of the molecule is CNc1nc(-c2ccc3c(c2)CCCN3C)c(C(C)N)s1. The van der Waals surface area contributed by atoms with Crippen LogP contribution < -0.4 is 16.0 Å². The largest absolute Gasteiger partial charge is 0.374 e. The molecule has 1 aliphatic heterocycles. The second-order valence-corrected chi connectivity index (χ2v) is 6.67. The van der Waals surface area contributed by atoms with Crippen molar-refractivity contribution in [2.24, 2.45) is 5.73 Å². The molecular formula is C16H22N4S. The van der Waals surface area contributed by atoms with Gasteiger partial charge in [0.2, 0.25) is 0 Å². The van der Waals surface area contributed by atoms with Crippen molar-refractivity contribution in [2.75, 3.05) is 30.9 Å². The number of hydrogen-bond donors (Lipinski definition) is 2. The van der Waals surface area contributed by atoms with Crippen molar-refractivity contribution in [1.82, 2.24) is 4.98 Å². The standard InChI is InChI=1S/C16H22N4S/c1-10(17)15-14(19-16(18-2)21-15)12-6-7-13-11(9-12)5-4-8-20(13)3/h6-7,9-10H,4-5,8,17H2,1-3H3,(H,18,19). The summed E-state index contributed by atoms with van der Waals surface area (Å²) < 4.78 is 0. The van der Waals surface area contributed by atoms with E-state index < -0.39 is 0 Å². The Morgan fingerprint density at radius 2 is 2.24 bits per heavy atom. The summed E-state index contributed by atoms with van der Waals surface area (Å²) in [6.45, 7) is 3.15. The van der Waals surface area contributed by atoms with Crippen LogP contribution in [-0.2, 0) is 6.42 Å². The zero-order valence-electron chi connectivity index (χ0n) is 12.8. The van der Waals surface area contributed by atoms with Crippen molar-refractivity contribution in [3.05, 3.63) is 28.6 Å². The lowest BCUT2D eigenvalue weighted by Crippen LogP contribution is -2.24. The highest BCUT2D eigenvalue weighted by Gasteiger charge is 2.19. The van der Waals surface area contributed by atoms with Gasteiger partial charge >= 0.3 is 0 Å². The zero-order chi connectivity index (χ0) is 15.0. The van der Waals surface area contributed by atoms with E-state index in [9.17, 15) is 0 Å². The third-order valence-electron chi connectivity index (χ3n) is 3.98. The lowest BCUT2D eigenvalue weighted by molar-refractivity contribution is 0.744. The van der Waals surface area contributed by atoms with Crippen molar-refractivity contribution in [3.63, 3.8) is 0 Å². The fraction of sp³-hybridized carbons (Fsp3) is 0.438. The highest BCUT2D eigenvalue weighted by atomic mass is 32.1. The molecule has 1 aromatic heterocycles. The Morgan fingerprint density at radius 3 is 2.95 bits per heavy atom. The summed E-state index contributed by atoms with van der Waals surface area (Å²) in [5, 5.41) is 4.05. The summed E-state index contributed by atoms with van der Waals surface area (Å²) in [5.74, 6) is 0. The van der Waals surface area contributed by atoms with Crippen LogP contribution in [0.4, 0.5) is 10.8 Å². The van der Waals surface area contributed by atoms with E-state index in [1.165, 1.54) is 23.2 Å². The highest BCUT2D eigenvalue weighted by Crippen LogP contribution is 2.37. The van der Waals surface area contributed by atoms with Crippen LogP contribution in [0.2, 0.25) is 0 Å². The predicted octanol–water partition coefficient (Wildman–Crippen LogP) is 3.25. The lowest BCUT2D eigenvalue weighted by Gasteiger charge is -2.27. The average molecular weight is 302 g/mol. The summed E-state index contributed by atoms with van der Waals surface area (Å²) in [4.78, 5) is 8.17. The zero-order valence-corrected chi connectivity index (χ0v) is 13.6. The maximum absolute atomic E-state index is 6.11. The van der Waals surface area contributed by atoms with Gasteiger partial charge in [0.05, 0.1) is 10.6 Å². The number of nitrogens with one attached hydrogen (secondary N) is 1. The molecule has 0 saturated heterocycles. The molecule has 112 valence electrons. The third kappa shape index (κ3) is 2.63. The van der Waals surface area contributed by atoms with Gasteiger partial charge < -0.3 is 16.0 Å². The Hall–Kier alpha value is -1.59. The first-order chi connectivity index (χ1) is 10.1. The summed E-state index contributed by atoms with van der Waals surface area (Å²) in [6, 6.07) is 6.66. The van der Waals surface area contributed by atoms with E-state index in [0.29, 0.717) is 0 Å². The molecule has 0 amide bonds. The Morgan fingerprint density at radius 1 is 1.43 bits per heavy atom. The molecule has 1 atom stereocenters. The topological polar surface area (TPSA) is 54.2 Å². The molecule has 0 fully saturated rings. The summed E-state index contributed by atoms with van der Waals surface area (Å²) >= 11 is 1.64. The van der Waals surface area contributed by atoms with Crippen molar-refractivity contribution in [1.29, 1.82) is 0 Å². The van der Waals surface area contributed by atoms with Gasteiger partial charge in [-0.3, -0.25) is 0 Å². The van der Waals surface area contributed by atoms with E-state index in [4.69, 9.17) is 10.7 Å². The van der Waals surface area contributed by atoms with Crippen LogP contribution in [0.25, 0.3) is 11.3 Å². The summed E-state index contributed by atoms with van der Waals surface area (Å²) in [5.41, 5.74) is 11.1. The van der Waals surface area contributed by atoms with Gasteiger partial charge in [-0.15, -0.1) is 0 Å². The minimum Gasteiger partial charge on any atom is -0.374 e. The number of nitrogens with two attached hydrogens (primary N) is 1.